The van der Waals surface area contributed by atoms with Gasteiger partial charge in [0.25, 0.3) is 0 Å². The summed E-state index contributed by atoms with van der Waals surface area (Å²) >= 11 is 0. The van der Waals surface area contributed by atoms with Crippen molar-refractivity contribution in [1.82, 2.24) is 0 Å². The number of amides is 1. The summed E-state index contributed by atoms with van der Waals surface area (Å²) in [5, 5.41) is 0. The summed E-state index contributed by atoms with van der Waals surface area (Å²) in [6, 6.07) is 5.52. The lowest BCUT2D eigenvalue weighted by Gasteiger charge is -2.17. The van der Waals surface area contributed by atoms with Crippen LogP contribution < -0.4 is 14.4 Å². The molecule has 1 amide bonds. The maximum atomic E-state index is 11.7. The average Bonchev–Trinajstić information content (AvgIpc) is 2.75. The highest BCUT2D eigenvalue weighted by Gasteiger charge is 2.16. The number of carbonyl (C=O) groups is 1. The number of carbonyl (C=O) groups excluding carboxylic acids is 1. The van der Waals surface area contributed by atoms with Crippen LogP contribution in [0, 0.1) is 0 Å². The molecule has 1 aliphatic heterocycles. The second-order valence-electron chi connectivity index (χ2n) is 3.74. The normalized spacial score (nSPS) is 12.6. The minimum absolute atomic E-state index is 0.112. The summed E-state index contributed by atoms with van der Waals surface area (Å²) in [6.45, 7) is 2.25. The Kier molecular flexibility index (Phi) is 2.99. The predicted octanol–water partition coefficient (Wildman–Crippen LogP) is 2.18. The molecule has 86 valence electrons. The summed E-state index contributed by atoms with van der Waals surface area (Å²) in [6.07, 6.45) is 1.42. The van der Waals surface area contributed by atoms with Crippen LogP contribution in [0.15, 0.2) is 18.2 Å². The predicted molar refractivity (Wildman–Crippen MR) is 60.9 cm³/mol. The van der Waals surface area contributed by atoms with Crippen molar-refractivity contribution in [2.75, 3.05) is 18.7 Å². The number of hydrogen-bond donors (Lipinski definition) is 0. The Bertz CT molecular complexity index is 403. The van der Waals surface area contributed by atoms with E-state index in [2.05, 4.69) is 0 Å². The van der Waals surface area contributed by atoms with Crippen LogP contribution >= 0.6 is 0 Å². The Labute approximate surface area is 94.8 Å². The van der Waals surface area contributed by atoms with Crippen LogP contribution in [-0.2, 0) is 4.79 Å². The van der Waals surface area contributed by atoms with E-state index in [-0.39, 0.29) is 12.7 Å². The van der Waals surface area contributed by atoms with Crippen molar-refractivity contribution in [3.63, 3.8) is 0 Å². The number of rotatable bonds is 3. The first-order chi connectivity index (χ1) is 7.72. The first-order valence-electron chi connectivity index (χ1n) is 5.38. The molecular formula is C12H15NO3. The van der Waals surface area contributed by atoms with E-state index in [4.69, 9.17) is 9.47 Å². The van der Waals surface area contributed by atoms with Crippen LogP contribution in [0.5, 0.6) is 11.5 Å². The van der Waals surface area contributed by atoms with Crippen molar-refractivity contribution in [2.45, 2.75) is 19.8 Å². The van der Waals surface area contributed by atoms with Crippen LogP contribution in [0.4, 0.5) is 5.69 Å². The summed E-state index contributed by atoms with van der Waals surface area (Å²) in [5.74, 6) is 1.55. The number of hydrogen-bond acceptors (Lipinski definition) is 3. The first kappa shape index (κ1) is 10.8. The molecule has 0 aliphatic carbocycles. The van der Waals surface area contributed by atoms with Gasteiger partial charge in [-0.2, -0.15) is 0 Å². The Morgan fingerprint density at radius 1 is 1.38 bits per heavy atom. The summed E-state index contributed by atoms with van der Waals surface area (Å²) < 4.78 is 10.5. The second-order valence-corrected chi connectivity index (χ2v) is 3.74. The lowest BCUT2D eigenvalue weighted by atomic mass is 10.2. The Balaban J connectivity index is 2.18. The molecule has 0 N–H and O–H groups in total. The zero-order valence-corrected chi connectivity index (χ0v) is 9.53. The number of benzene rings is 1. The lowest BCUT2D eigenvalue weighted by molar-refractivity contribution is -0.118. The molecule has 0 spiro atoms. The molecule has 0 bridgehead atoms. The van der Waals surface area contributed by atoms with Crippen molar-refractivity contribution in [3.8, 4) is 11.5 Å². The quantitative estimate of drug-likeness (QED) is 0.785. The summed E-state index contributed by atoms with van der Waals surface area (Å²) in [7, 11) is 1.77. The monoisotopic (exact) mass is 221 g/mol. The summed E-state index contributed by atoms with van der Waals surface area (Å²) in [5.41, 5.74) is 0.836. The van der Waals surface area contributed by atoms with Gasteiger partial charge in [0.15, 0.2) is 11.5 Å². The minimum Gasteiger partial charge on any atom is -0.454 e. The Morgan fingerprint density at radius 2 is 2.12 bits per heavy atom. The van der Waals surface area contributed by atoms with Gasteiger partial charge < -0.3 is 14.4 Å². The molecule has 0 aromatic heterocycles. The van der Waals surface area contributed by atoms with E-state index in [9.17, 15) is 4.79 Å². The Morgan fingerprint density at radius 3 is 2.88 bits per heavy atom. The van der Waals surface area contributed by atoms with Gasteiger partial charge >= 0.3 is 0 Å². The van der Waals surface area contributed by atoms with Crippen LogP contribution in [-0.4, -0.2) is 19.7 Å². The fourth-order valence-electron chi connectivity index (χ4n) is 1.62. The Hall–Kier alpha value is -1.71. The van der Waals surface area contributed by atoms with Crippen molar-refractivity contribution >= 4 is 11.6 Å². The zero-order valence-electron chi connectivity index (χ0n) is 9.53. The smallest absolute Gasteiger partial charge is 0.231 e. The number of fused-ring (bicyclic) bond motifs is 1. The second kappa shape index (κ2) is 4.43. The molecule has 0 fully saturated rings. The van der Waals surface area contributed by atoms with Gasteiger partial charge in [-0.15, -0.1) is 0 Å². The van der Waals surface area contributed by atoms with Gasteiger partial charge in [-0.3, -0.25) is 4.79 Å². The average molecular weight is 221 g/mol. The molecule has 1 heterocycles. The molecule has 1 aromatic carbocycles. The third-order valence-electron chi connectivity index (χ3n) is 2.58. The SMILES string of the molecule is CCCC(=O)N(C)c1ccc2c(c1)OCO2. The molecular weight excluding hydrogens is 206 g/mol. The topological polar surface area (TPSA) is 38.8 Å². The van der Waals surface area contributed by atoms with Gasteiger partial charge in [0, 0.05) is 25.2 Å². The van der Waals surface area contributed by atoms with Gasteiger partial charge in [-0.05, 0) is 18.6 Å². The maximum absolute atomic E-state index is 11.7. The van der Waals surface area contributed by atoms with E-state index in [1.54, 1.807) is 11.9 Å². The molecule has 4 heteroatoms. The van der Waals surface area contributed by atoms with E-state index >= 15 is 0 Å². The van der Waals surface area contributed by atoms with Crippen LogP contribution in [0.2, 0.25) is 0 Å². The summed E-state index contributed by atoms with van der Waals surface area (Å²) in [4.78, 5) is 13.3. The molecule has 0 unspecified atom stereocenters. The molecule has 0 radical (unpaired) electrons. The van der Waals surface area contributed by atoms with Crippen molar-refractivity contribution in [3.05, 3.63) is 18.2 Å². The minimum atomic E-state index is 0.112. The first-order valence-corrected chi connectivity index (χ1v) is 5.38. The lowest BCUT2D eigenvalue weighted by Crippen LogP contribution is -2.25. The van der Waals surface area contributed by atoms with Gasteiger partial charge in [0.2, 0.25) is 12.7 Å². The highest BCUT2D eigenvalue weighted by Crippen LogP contribution is 2.35. The van der Waals surface area contributed by atoms with E-state index in [0.717, 1.165) is 17.9 Å². The van der Waals surface area contributed by atoms with Gasteiger partial charge in [0.05, 0.1) is 0 Å². The third kappa shape index (κ3) is 1.96. The fourth-order valence-corrected chi connectivity index (χ4v) is 1.62. The van der Waals surface area contributed by atoms with Crippen LogP contribution in [0.1, 0.15) is 19.8 Å². The molecule has 1 aromatic rings. The molecule has 16 heavy (non-hydrogen) atoms. The van der Waals surface area contributed by atoms with E-state index in [0.29, 0.717) is 12.2 Å². The van der Waals surface area contributed by atoms with E-state index in [1.165, 1.54) is 0 Å². The standard InChI is InChI=1S/C12H15NO3/c1-3-4-12(14)13(2)9-5-6-10-11(7-9)16-8-15-10/h5-7H,3-4,8H2,1-2H3. The van der Waals surface area contributed by atoms with Gasteiger partial charge in [0.1, 0.15) is 0 Å². The highest BCUT2D eigenvalue weighted by molar-refractivity contribution is 5.93. The highest BCUT2D eigenvalue weighted by atomic mass is 16.7. The van der Waals surface area contributed by atoms with Gasteiger partial charge in [-0.25, -0.2) is 0 Å². The number of anilines is 1. The number of nitrogens with zero attached hydrogens (tertiary/aromatic N) is 1. The molecule has 4 nitrogen and oxygen atoms in total. The molecule has 0 saturated carbocycles. The molecule has 1 aliphatic rings. The third-order valence-corrected chi connectivity index (χ3v) is 2.58. The van der Waals surface area contributed by atoms with Crippen molar-refractivity contribution < 1.29 is 14.3 Å². The number of ether oxygens (including phenoxy) is 2. The molecule has 2 rings (SSSR count). The largest absolute Gasteiger partial charge is 0.454 e. The fraction of sp³-hybridized carbons (Fsp3) is 0.417. The molecule has 0 saturated heterocycles. The van der Waals surface area contributed by atoms with Crippen molar-refractivity contribution in [1.29, 1.82) is 0 Å². The zero-order chi connectivity index (χ0) is 11.5. The van der Waals surface area contributed by atoms with Gasteiger partial charge in [-0.1, -0.05) is 6.92 Å². The van der Waals surface area contributed by atoms with Crippen LogP contribution in [0.3, 0.4) is 0 Å². The van der Waals surface area contributed by atoms with E-state index < -0.39 is 0 Å². The maximum Gasteiger partial charge on any atom is 0.231 e. The molecule has 0 atom stereocenters. The van der Waals surface area contributed by atoms with E-state index in [1.807, 2.05) is 25.1 Å². The van der Waals surface area contributed by atoms with Crippen LogP contribution in [0.25, 0.3) is 0 Å². The van der Waals surface area contributed by atoms with Crippen molar-refractivity contribution in [2.24, 2.45) is 0 Å².